The van der Waals surface area contributed by atoms with Gasteiger partial charge >= 0.3 is 0 Å². The third-order valence-corrected chi connectivity index (χ3v) is 3.01. The molecule has 0 radical (unpaired) electrons. The molecular weight excluding hydrogens is 188 g/mol. The van der Waals surface area contributed by atoms with Crippen molar-refractivity contribution in [2.24, 2.45) is 5.73 Å². The Balaban J connectivity index is 2.46. The zero-order valence-corrected chi connectivity index (χ0v) is 9.45. The Bertz CT molecular complexity index is 214. The molecule has 1 rings (SSSR count). The maximum absolute atomic E-state index is 11.9. The van der Waals surface area contributed by atoms with Crippen LogP contribution in [0.3, 0.4) is 0 Å². The molecule has 2 N–H and O–H groups in total. The highest BCUT2D eigenvalue weighted by molar-refractivity contribution is 5.76. The van der Waals surface area contributed by atoms with Gasteiger partial charge in [0.05, 0.1) is 0 Å². The molecule has 1 fully saturated rings. The van der Waals surface area contributed by atoms with Crippen LogP contribution in [-0.2, 0) is 4.79 Å². The van der Waals surface area contributed by atoms with Gasteiger partial charge in [-0.3, -0.25) is 4.79 Å². The minimum atomic E-state index is 0.271. The Morgan fingerprint density at radius 2 is 2.33 bits per heavy atom. The van der Waals surface area contributed by atoms with Crippen LogP contribution in [0.25, 0.3) is 0 Å². The predicted molar refractivity (Wildman–Crippen MR) is 62.5 cm³/mol. The lowest BCUT2D eigenvalue weighted by molar-refractivity contribution is -0.134. The molecule has 0 saturated carbocycles. The predicted octanol–water partition coefficient (Wildman–Crippen LogP) is 1.68. The number of allylic oxidation sites excluding steroid dienone is 1. The number of rotatable bonds is 5. The van der Waals surface area contributed by atoms with Crippen LogP contribution in [-0.4, -0.2) is 29.9 Å². The number of amides is 1. The van der Waals surface area contributed by atoms with Crippen LogP contribution >= 0.6 is 0 Å². The van der Waals surface area contributed by atoms with E-state index in [9.17, 15) is 4.79 Å². The summed E-state index contributed by atoms with van der Waals surface area (Å²) < 4.78 is 0. The van der Waals surface area contributed by atoms with E-state index in [4.69, 9.17) is 5.73 Å². The average Bonchev–Trinajstić information content (AvgIpc) is 2.27. The zero-order valence-electron chi connectivity index (χ0n) is 9.45. The maximum Gasteiger partial charge on any atom is 0.223 e. The number of hydrogen-bond donors (Lipinski definition) is 1. The lowest BCUT2D eigenvalue weighted by Crippen LogP contribution is -2.44. The van der Waals surface area contributed by atoms with Crippen molar-refractivity contribution in [3.63, 3.8) is 0 Å². The topological polar surface area (TPSA) is 46.3 Å². The molecule has 0 aromatic rings. The summed E-state index contributed by atoms with van der Waals surface area (Å²) in [7, 11) is 0. The molecule has 15 heavy (non-hydrogen) atoms. The second-order valence-electron chi connectivity index (χ2n) is 4.14. The van der Waals surface area contributed by atoms with Crippen molar-refractivity contribution in [1.82, 2.24) is 4.90 Å². The minimum absolute atomic E-state index is 0.271. The van der Waals surface area contributed by atoms with Crippen LogP contribution in [0.15, 0.2) is 12.7 Å². The number of hydrogen-bond acceptors (Lipinski definition) is 2. The van der Waals surface area contributed by atoms with Gasteiger partial charge in [0, 0.05) is 19.0 Å². The SMILES string of the molecule is C=CCCC(=O)N1CCCCC1CCN. The van der Waals surface area contributed by atoms with E-state index in [1.807, 2.05) is 4.90 Å². The molecule has 0 aromatic heterocycles. The van der Waals surface area contributed by atoms with Gasteiger partial charge in [0.15, 0.2) is 0 Å². The molecule has 1 atom stereocenters. The molecule has 1 unspecified atom stereocenters. The molecular formula is C12H22N2O. The minimum Gasteiger partial charge on any atom is -0.340 e. The first-order valence-electron chi connectivity index (χ1n) is 5.90. The van der Waals surface area contributed by atoms with Crippen LogP contribution in [0.2, 0.25) is 0 Å². The van der Waals surface area contributed by atoms with E-state index in [-0.39, 0.29) is 5.91 Å². The first kappa shape index (κ1) is 12.2. The standard InChI is InChI=1S/C12H22N2O/c1-2-3-7-12(15)14-10-5-4-6-11(14)8-9-13/h2,11H,1,3-10,13H2. The van der Waals surface area contributed by atoms with Gasteiger partial charge in [0.2, 0.25) is 5.91 Å². The molecule has 1 aliphatic heterocycles. The van der Waals surface area contributed by atoms with Crippen LogP contribution in [0.5, 0.6) is 0 Å². The molecule has 86 valence electrons. The van der Waals surface area contributed by atoms with Gasteiger partial charge in [-0.05, 0) is 38.6 Å². The number of nitrogens with two attached hydrogens (primary N) is 1. The number of likely N-dealkylation sites (tertiary alicyclic amines) is 1. The van der Waals surface area contributed by atoms with Crippen molar-refractivity contribution in [3.8, 4) is 0 Å². The third kappa shape index (κ3) is 3.67. The lowest BCUT2D eigenvalue weighted by atomic mass is 9.99. The number of carbonyl (C=O) groups excluding carboxylic acids is 1. The largest absolute Gasteiger partial charge is 0.340 e. The Labute approximate surface area is 92.3 Å². The van der Waals surface area contributed by atoms with Gasteiger partial charge in [0.1, 0.15) is 0 Å². The molecule has 0 aliphatic carbocycles. The fourth-order valence-electron chi connectivity index (χ4n) is 2.19. The van der Waals surface area contributed by atoms with Crippen molar-refractivity contribution in [1.29, 1.82) is 0 Å². The van der Waals surface area contributed by atoms with Gasteiger partial charge in [-0.15, -0.1) is 6.58 Å². The van der Waals surface area contributed by atoms with Gasteiger partial charge in [-0.1, -0.05) is 6.08 Å². The molecule has 0 spiro atoms. The van der Waals surface area contributed by atoms with Crippen molar-refractivity contribution in [3.05, 3.63) is 12.7 Å². The summed E-state index contributed by atoms with van der Waals surface area (Å²) >= 11 is 0. The van der Waals surface area contributed by atoms with E-state index in [1.165, 1.54) is 6.42 Å². The molecule has 1 aliphatic rings. The Morgan fingerprint density at radius 3 is 3.00 bits per heavy atom. The van der Waals surface area contributed by atoms with Gasteiger partial charge in [-0.2, -0.15) is 0 Å². The van der Waals surface area contributed by atoms with Gasteiger partial charge < -0.3 is 10.6 Å². The molecule has 0 aromatic carbocycles. The van der Waals surface area contributed by atoms with E-state index < -0.39 is 0 Å². The first-order valence-corrected chi connectivity index (χ1v) is 5.90. The van der Waals surface area contributed by atoms with Crippen molar-refractivity contribution < 1.29 is 4.79 Å². The monoisotopic (exact) mass is 210 g/mol. The Hall–Kier alpha value is -0.830. The first-order chi connectivity index (χ1) is 7.29. The fraction of sp³-hybridized carbons (Fsp3) is 0.750. The zero-order chi connectivity index (χ0) is 11.1. The fourth-order valence-corrected chi connectivity index (χ4v) is 2.19. The summed E-state index contributed by atoms with van der Waals surface area (Å²) in [6, 6.07) is 0.390. The van der Waals surface area contributed by atoms with Crippen molar-refractivity contribution in [2.75, 3.05) is 13.1 Å². The lowest BCUT2D eigenvalue weighted by Gasteiger charge is -2.35. The number of piperidine rings is 1. The normalized spacial score (nSPS) is 21.4. The summed E-state index contributed by atoms with van der Waals surface area (Å²) in [5, 5.41) is 0. The highest BCUT2D eigenvalue weighted by Gasteiger charge is 2.24. The Morgan fingerprint density at radius 1 is 1.53 bits per heavy atom. The molecule has 1 heterocycles. The van der Waals surface area contributed by atoms with E-state index in [2.05, 4.69) is 6.58 Å². The van der Waals surface area contributed by atoms with Crippen LogP contribution in [0, 0.1) is 0 Å². The molecule has 1 amide bonds. The quantitative estimate of drug-likeness (QED) is 0.702. The number of carbonyl (C=O) groups is 1. The maximum atomic E-state index is 11.9. The van der Waals surface area contributed by atoms with Crippen LogP contribution < -0.4 is 5.73 Å². The number of nitrogens with zero attached hydrogens (tertiary/aromatic N) is 1. The second kappa shape index (κ2) is 6.62. The molecule has 3 heteroatoms. The second-order valence-corrected chi connectivity index (χ2v) is 4.14. The molecule has 0 bridgehead atoms. The summed E-state index contributed by atoms with van der Waals surface area (Å²) in [6.45, 7) is 5.24. The van der Waals surface area contributed by atoms with E-state index in [0.717, 1.165) is 32.2 Å². The van der Waals surface area contributed by atoms with Gasteiger partial charge in [0.25, 0.3) is 0 Å². The summed E-state index contributed by atoms with van der Waals surface area (Å²) in [5.74, 6) is 0.271. The van der Waals surface area contributed by atoms with Crippen LogP contribution in [0.4, 0.5) is 0 Å². The summed E-state index contributed by atoms with van der Waals surface area (Å²) in [6.07, 6.45) is 7.63. The van der Waals surface area contributed by atoms with E-state index in [1.54, 1.807) is 6.08 Å². The van der Waals surface area contributed by atoms with E-state index in [0.29, 0.717) is 19.0 Å². The van der Waals surface area contributed by atoms with Gasteiger partial charge in [-0.25, -0.2) is 0 Å². The Kier molecular flexibility index (Phi) is 5.40. The highest BCUT2D eigenvalue weighted by atomic mass is 16.2. The van der Waals surface area contributed by atoms with E-state index >= 15 is 0 Å². The summed E-state index contributed by atoms with van der Waals surface area (Å²) in [5.41, 5.74) is 5.57. The van der Waals surface area contributed by atoms with Crippen LogP contribution in [0.1, 0.15) is 38.5 Å². The highest BCUT2D eigenvalue weighted by Crippen LogP contribution is 2.20. The third-order valence-electron chi connectivity index (χ3n) is 3.01. The van der Waals surface area contributed by atoms with Crippen molar-refractivity contribution in [2.45, 2.75) is 44.6 Å². The average molecular weight is 210 g/mol. The molecule has 3 nitrogen and oxygen atoms in total. The smallest absolute Gasteiger partial charge is 0.223 e. The molecule has 1 saturated heterocycles. The van der Waals surface area contributed by atoms with Crippen molar-refractivity contribution >= 4 is 5.91 Å². The summed E-state index contributed by atoms with van der Waals surface area (Å²) in [4.78, 5) is 13.9.